The first kappa shape index (κ1) is 19.8. The number of ether oxygens (including phenoxy) is 1. The quantitative estimate of drug-likeness (QED) is 0.351. The number of carbonyl (C=O) groups excluding carboxylic acids is 1. The first-order valence-electron chi connectivity index (χ1n) is 9.47. The highest BCUT2D eigenvalue weighted by molar-refractivity contribution is 9.10. The molecule has 1 atom stereocenters. The maximum atomic E-state index is 13.5. The molecule has 1 aliphatic heterocycles. The minimum atomic E-state index is -0.645. The average Bonchev–Trinajstić information content (AvgIpc) is 3.07. The maximum Gasteiger partial charge on any atom is 0.295 e. The van der Waals surface area contributed by atoms with Crippen molar-refractivity contribution in [3.8, 4) is 5.75 Å². The molecule has 0 radical (unpaired) electrons. The molecule has 3 aromatic carbocycles. The Morgan fingerprint density at radius 2 is 1.81 bits per heavy atom. The lowest BCUT2D eigenvalue weighted by Crippen LogP contribution is -2.29. The van der Waals surface area contributed by atoms with Crippen LogP contribution in [0.4, 0.5) is 5.69 Å². The molecule has 0 aliphatic carbocycles. The summed E-state index contributed by atoms with van der Waals surface area (Å²) in [5.41, 5.74) is 1.77. The summed E-state index contributed by atoms with van der Waals surface area (Å²) >= 11 is 9.61. The molecule has 7 heteroatoms. The van der Waals surface area contributed by atoms with Crippen molar-refractivity contribution in [1.82, 2.24) is 0 Å². The van der Waals surface area contributed by atoms with Crippen molar-refractivity contribution in [2.24, 2.45) is 0 Å². The van der Waals surface area contributed by atoms with Gasteiger partial charge in [-0.2, -0.15) is 0 Å². The van der Waals surface area contributed by atoms with Crippen molar-refractivity contribution >= 4 is 50.1 Å². The van der Waals surface area contributed by atoms with Gasteiger partial charge in [0.25, 0.3) is 5.91 Å². The molecule has 2 heterocycles. The molecule has 1 aliphatic rings. The summed E-state index contributed by atoms with van der Waals surface area (Å²) in [4.78, 5) is 28.6. The van der Waals surface area contributed by atoms with Crippen LogP contribution in [0.2, 0.25) is 5.02 Å². The van der Waals surface area contributed by atoms with Gasteiger partial charge in [0.1, 0.15) is 11.3 Å². The van der Waals surface area contributed by atoms with Gasteiger partial charge in [0.2, 0.25) is 5.76 Å². The second kappa shape index (κ2) is 7.55. The second-order valence-electron chi connectivity index (χ2n) is 7.15. The molecule has 4 aromatic rings. The zero-order chi connectivity index (χ0) is 21.7. The molecule has 0 saturated carbocycles. The Morgan fingerprint density at radius 1 is 1.03 bits per heavy atom. The molecule has 154 valence electrons. The minimum absolute atomic E-state index is 0.0422. The summed E-state index contributed by atoms with van der Waals surface area (Å²) < 4.78 is 12.0. The summed E-state index contributed by atoms with van der Waals surface area (Å²) in [6, 6.07) is 18.8. The number of methoxy groups -OCH3 is 1. The maximum absolute atomic E-state index is 13.5. The molecule has 5 rings (SSSR count). The number of halogens is 2. The SMILES string of the molecule is COc1ccc(N2C(=O)c3oc4ccc(Cl)cc4c(=O)c3C2c2cccc(Br)c2)cc1. The Morgan fingerprint density at radius 3 is 2.52 bits per heavy atom. The normalized spacial score (nSPS) is 15.4. The summed E-state index contributed by atoms with van der Waals surface area (Å²) in [6.07, 6.45) is 0. The van der Waals surface area contributed by atoms with E-state index >= 15 is 0 Å². The van der Waals surface area contributed by atoms with Gasteiger partial charge in [-0.3, -0.25) is 14.5 Å². The summed E-state index contributed by atoms with van der Waals surface area (Å²) in [5, 5.41) is 0.769. The van der Waals surface area contributed by atoms with Crippen LogP contribution in [0.1, 0.15) is 27.7 Å². The lowest BCUT2D eigenvalue weighted by molar-refractivity contribution is 0.0971. The van der Waals surface area contributed by atoms with Gasteiger partial charge >= 0.3 is 0 Å². The molecule has 5 nitrogen and oxygen atoms in total. The van der Waals surface area contributed by atoms with Crippen molar-refractivity contribution in [3.05, 3.63) is 103 Å². The minimum Gasteiger partial charge on any atom is -0.497 e. The molecule has 0 N–H and O–H groups in total. The third-order valence-electron chi connectivity index (χ3n) is 5.35. The molecule has 0 saturated heterocycles. The van der Waals surface area contributed by atoms with Crippen molar-refractivity contribution in [1.29, 1.82) is 0 Å². The number of hydrogen-bond acceptors (Lipinski definition) is 4. The van der Waals surface area contributed by atoms with Gasteiger partial charge in [-0.05, 0) is 60.2 Å². The summed E-state index contributed by atoms with van der Waals surface area (Å²) in [6.45, 7) is 0. The molecule has 1 amide bonds. The van der Waals surface area contributed by atoms with Crippen LogP contribution >= 0.6 is 27.5 Å². The fourth-order valence-electron chi connectivity index (χ4n) is 3.95. The van der Waals surface area contributed by atoms with Crippen LogP contribution in [0.25, 0.3) is 11.0 Å². The molecule has 0 fully saturated rings. The number of amides is 1. The Balaban J connectivity index is 1.80. The van der Waals surface area contributed by atoms with E-state index in [-0.39, 0.29) is 17.1 Å². The van der Waals surface area contributed by atoms with Crippen LogP contribution in [-0.2, 0) is 0 Å². The molecular formula is C24H15BrClNO4. The fourth-order valence-corrected chi connectivity index (χ4v) is 4.54. The Hall–Kier alpha value is -3.09. The summed E-state index contributed by atoms with van der Waals surface area (Å²) in [7, 11) is 1.58. The molecule has 0 bridgehead atoms. The number of carbonyl (C=O) groups is 1. The van der Waals surface area contributed by atoms with Crippen LogP contribution in [0, 0.1) is 0 Å². The number of rotatable bonds is 3. The van der Waals surface area contributed by atoms with E-state index in [0.29, 0.717) is 33.0 Å². The van der Waals surface area contributed by atoms with E-state index < -0.39 is 6.04 Å². The molecule has 1 unspecified atom stereocenters. The fraction of sp³-hybridized carbons (Fsp3) is 0.0833. The predicted octanol–water partition coefficient (Wildman–Crippen LogP) is 5.97. The van der Waals surface area contributed by atoms with E-state index in [4.69, 9.17) is 20.8 Å². The van der Waals surface area contributed by atoms with Crippen LogP contribution in [0.15, 0.2) is 80.4 Å². The Kier molecular flexibility index (Phi) is 4.84. The average molecular weight is 497 g/mol. The lowest BCUT2D eigenvalue weighted by Gasteiger charge is -2.25. The zero-order valence-corrected chi connectivity index (χ0v) is 18.6. The van der Waals surface area contributed by atoms with E-state index in [2.05, 4.69) is 15.9 Å². The van der Waals surface area contributed by atoms with Crippen molar-refractivity contribution in [2.45, 2.75) is 6.04 Å². The standard InChI is InChI=1S/C24H15BrClNO4/c1-30-17-8-6-16(7-9-17)27-21(13-3-2-4-14(25)11-13)20-22(28)18-12-15(26)5-10-19(18)31-23(20)24(27)29/h2-12,21H,1H3. The zero-order valence-electron chi connectivity index (χ0n) is 16.3. The second-order valence-corrected chi connectivity index (χ2v) is 8.50. The highest BCUT2D eigenvalue weighted by Crippen LogP contribution is 2.42. The Labute approximate surface area is 190 Å². The van der Waals surface area contributed by atoms with Gasteiger partial charge in [0.15, 0.2) is 5.43 Å². The first-order chi connectivity index (χ1) is 15.0. The molecule has 31 heavy (non-hydrogen) atoms. The van der Waals surface area contributed by atoms with E-state index in [1.54, 1.807) is 54.5 Å². The number of fused-ring (bicyclic) bond motifs is 2. The third-order valence-corrected chi connectivity index (χ3v) is 6.08. The number of anilines is 1. The van der Waals surface area contributed by atoms with Crippen molar-refractivity contribution in [2.75, 3.05) is 12.0 Å². The van der Waals surface area contributed by atoms with E-state index in [1.807, 2.05) is 24.3 Å². The number of nitrogens with zero attached hydrogens (tertiary/aromatic N) is 1. The molecular weight excluding hydrogens is 482 g/mol. The first-order valence-corrected chi connectivity index (χ1v) is 10.6. The van der Waals surface area contributed by atoms with Gasteiger partial charge in [-0.15, -0.1) is 0 Å². The number of hydrogen-bond donors (Lipinski definition) is 0. The molecule has 0 spiro atoms. The highest BCUT2D eigenvalue weighted by atomic mass is 79.9. The van der Waals surface area contributed by atoms with Crippen LogP contribution in [0.5, 0.6) is 5.75 Å². The largest absolute Gasteiger partial charge is 0.497 e. The predicted molar refractivity (Wildman–Crippen MR) is 123 cm³/mol. The Bertz CT molecular complexity index is 1400. The van der Waals surface area contributed by atoms with E-state index in [9.17, 15) is 9.59 Å². The van der Waals surface area contributed by atoms with E-state index in [0.717, 1.165) is 10.0 Å². The lowest BCUT2D eigenvalue weighted by atomic mass is 9.98. The molecule has 1 aromatic heterocycles. The van der Waals surface area contributed by atoms with Crippen molar-refractivity contribution < 1.29 is 13.9 Å². The van der Waals surface area contributed by atoms with Crippen LogP contribution < -0.4 is 15.1 Å². The summed E-state index contributed by atoms with van der Waals surface area (Å²) in [5.74, 6) is 0.334. The van der Waals surface area contributed by atoms with Crippen molar-refractivity contribution in [3.63, 3.8) is 0 Å². The van der Waals surface area contributed by atoms with Gasteiger partial charge in [0, 0.05) is 15.2 Å². The number of benzene rings is 3. The van der Waals surface area contributed by atoms with Crippen LogP contribution in [0.3, 0.4) is 0 Å². The van der Waals surface area contributed by atoms with Gasteiger partial charge in [-0.1, -0.05) is 39.7 Å². The monoisotopic (exact) mass is 495 g/mol. The van der Waals surface area contributed by atoms with Crippen LogP contribution in [-0.4, -0.2) is 13.0 Å². The van der Waals surface area contributed by atoms with Gasteiger partial charge in [-0.25, -0.2) is 0 Å². The topological polar surface area (TPSA) is 59.8 Å². The van der Waals surface area contributed by atoms with Gasteiger partial charge < -0.3 is 9.15 Å². The van der Waals surface area contributed by atoms with E-state index in [1.165, 1.54) is 0 Å². The smallest absolute Gasteiger partial charge is 0.295 e. The van der Waals surface area contributed by atoms with Gasteiger partial charge in [0.05, 0.1) is 24.1 Å². The third kappa shape index (κ3) is 3.23. The highest BCUT2D eigenvalue weighted by Gasteiger charge is 2.43.